The van der Waals surface area contributed by atoms with Gasteiger partial charge in [0.05, 0.1) is 0 Å². The summed E-state index contributed by atoms with van der Waals surface area (Å²) < 4.78 is 13.6. The number of halogens is 1. The molecule has 24 heavy (non-hydrogen) atoms. The lowest BCUT2D eigenvalue weighted by atomic mass is 10.1. The predicted molar refractivity (Wildman–Crippen MR) is 94.5 cm³/mol. The Bertz CT molecular complexity index is 556. The van der Waals surface area contributed by atoms with Crippen molar-refractivity contribution >= 4 is 11.9 Å². The number of carbonyl (C=O) groups excluding carboxylic acids is 1. The fraction of sp³-hybridized carbons (Fsp3) is 0.556. The topological polar surface area (TPSA) is 56.7 Å². The van der Waals surface area contributed by atoms with E-state index < -0.39 is 0 Å². The number of hydrogen-bond acceptors (Lipinski definition) is 2. The summed E-state index contributed by atoms with van der Waals surface area (Å²) in [7, 11) is 0. The number of piperidine rings is 1. The van der Waals surface area contributed by atoms with Gasteiger partial charge in [-0.05, 0) is 44.2 Å². The molecule has 1 aromatic rings. The van der Waals surface area contributed by atoms with Gasteiger partial charge in [0.15, 0.2) is 5.96 Å². The lowest BCUT2D eigenvalue weighted by Crippen LogP contribution is -2.41. The van der Waals surface area contributed by atoms with Crippen molar-refractivity contribution in [2.75, 3.05) is 32.7 Å². The molecular formula is C18H27FN4O. The van der Waals surface area contributed by atoms with Crippen molar-refractivity contribution in [1.82, 2.24) is 15.5 Å². The number of likely N-dealkylation sites (tertiary alicyclic amines) is 1. The molecule has 0 aromatic heterocycles. The normalized spacial score (nSPS) is 15.2. The lowest BCUT2D eigenvalue weighted by Gasteiger charge is -2.26. The Balaban J connectivity index is 1.81. The van der Waals surface area contributed by atoms with Gasteiger partial charge < -0.3 is 15.5 Å². The third-order valence-electron chi connectivity index (χ3n) is 4.07. The zero-order chi connectivity index (χ0) is 17.2. The Morgan fingerprint density at radius 2 is 1.96 bits per heavy atom. The number of guanidine groups is 1. The Morgan fingerprint density at radius 1 is 1.21 bits per heavy atom. The number of rotatable bonds is 6. The molecule has 1 aromatic carbocycles. The van der Waals surface area contributed by atoms with Crippen LogP contribution in [0, 0.1) is 5.82 Å². The number of benzene rings is 1. The second-order valence-corrected chi connectivity index (χ2v) is 5.90. The molecule has 2 rings (SSSR count). The SMILES string of the molecule is CCNC(=NCC(=O)N1CCCCC1)NCCc1ccccc1F. The molecule has 5 nitrogen and oxygen atoms in total. The van der Waals surface area contributed by atoms with E-state index in [-0.39, 0.29) is 18.3 Å². The summed E-state index contributed by atoms with van der Waals surface area (Å²) in [5.74, 6) is 0.474. The maximum atomic E-state index is 13.6. The Kier molecular flexibility index (Phi) is 7.52. The van der Waals surface area contributed by atoms with E-state index in [1.807, 2.05) is 17.9 Å². The third-order valence-corrected chi connectivity index (χ3v) is 4.07. The van der Waals surface area contributed by atoms with E-state index in [9.17, 15) is 9.18 Å². The standard InChI is InChI=1S/C18H27FN4O/c1-2-20-18(21-11-10-15-8-4-5-9-16(15)19)22-14-17(24)23-12-6-3-7-13-23/h4-5,8-9H,2-3,6-7,10-14H2,1H3,(H2,20,21,22). The van der Waals surface area contributed by atoms with E-state index in [0.29, 0.717) is 31.0 Å². The monoisotopic (exact) mass is 334 g/mol. The number of hydrogen-bond donors (Lipinski definition) is 2. The van der Waals surface area contributed by atoms with Crippen LogP contribution in [-0.4, -0.2) is 49.5 Å². The molecule has 1 aliphatic heterocycles. The number of carbonyl (C=O) groups is 1. The number of aliphatic imine (C=N–C) groups is 1. The molecule has 6 heteroatoms. The average Bonchev–Trinajstić information content (AvgIpc) is 2.61. The van der Waals surface area contributed by atoms with Gasteiger partial charge in [-0.1, -0.05) is 18.2 Å². The second kappa shape index (κ2) is 9.90. The van der Waals surface area contributed by atoms with Gasteiger partial charge >= 0.3 is 0 Å². The highest BCUT2D eigenvalue weighted by Crippen LogP contribution is 2.08. The first kappa shape index (κ1) is 18.2. The van der Waals surface area contributed by atoms with Crippen LogP contribution in [-0.2, 0) is 11.2 Å². The molecule has 2 N–H and O–H groups in total. The fourth-order valence-corrected chi connectivity index (χ4v) is 2.75. The summed E-state index contributed by atoms with van der Waals surface area (Å²) in [4.78, 5) is 18.4. The summed E-state index contributed by atoms with van der Waals surface area (Å²) >= 11 is 0. The molecule has 0 unspecified atom stereocenters. The molecule has 0 spiro atoms. The zero-order valence-electron chi connectivity index (χ0n) is 14.4. The highest BCUT2D eigenvalue weighted by molar-refractivity contribution is 5.85. The molecule has 1 saturated heterocycles. The van der Waals surface area contributed by atoms with Crippen LogP contribution in [0.1, 0.15) is 31.7 Å². The van der Waals surface area contributed by atoms with Crippen LogP contribution in [0.15, 0.2) is 29.3 Å². The summed E-state index contributed by atoms with van der Waals surface area (Å²) in [5, 5.41) is 6.27. The molecule has 1 heterocycles. The van der Waals surface area contributed by atoms with Crippen molar-refractivity contribution in [2.45, 2.75) is 32.6 Å². The van der Waals surface area contributed by atoms with Crippen molar-refractivity contribution in [3.63, 3.8) is 0 Å². The molecule has 132 valence electrons. The van der Waals surface area contributed by atoms with E-state index in [1.165, 1.54) is 12.5 Å². The van der Waals surface area contributed by atoms with Gasteiger partial charge in [0.2, 0.25) is 5.91 Å². The molecule has 1 fully saturated rings. The van der Waals surface area contributed by atoms with Crippen LogP contribution in [0.2, 0.25) is 0 Å². The van der Waals surface area contributed by atoms with Crippen LogP contribution >= 0.6 is 0 Å². The molecule has 1 aliphatic rings. The quantitative estimate of drug-likeness (QED) is 0.617. The fourth-order valence-electron chi connectivity index (χ4n) is 2.75. The van der Waals surface area contributed by atoms with Gasteiger partial charge in [-0.25, -0.2) is 9.38 Å². The Morgan fingerprint density at radius 3 is 2.67 bits per heavy atom. The summed E-state index contributed by atoms with van der Waals surface area (Å²) in [6.07, 6.45) is 3.93. The van der Waals surface area contributed by atoms with Gasteiger partial charge in [-0.3, -0.25) is 4.79 Å². The van der Waals surface area contributed by atoms with Crippen molar-refractivity contribution < 1.29 is 9.18 Å². The molecule has 0 saturated carbocycles. The number of amides is 1. The maximum absolute atomic E-state index is 13.6. The minimum Gasteiger partial charge on any atom is -0.357 e. The van der Waals surface area contributed by atoms with Crippen LogP contribution in [0.5, 0.6) is 0 Å². The van der Waals surface area contributed by atoms with Crippen LogP contribution < -0.4 is 10.6 Å². The average molecular weight is 334 g/mol. The lowest BCUT2D eigenvalue weighted by molar-refractivity contribution is -0.130. The minimum absolute atomic E-state index is 0.0704. The highest BCUT2D eigenvalue weighted by Gasteiger charge is 2.15. The van der Waals surface area contributed by atoms with Gasteiger partial charge in [0.25, 0.3) is 0 Å². The van der Waals surface area contributed by atoms with Gasteiger partial charge in [0.1, 0.15) is 12.4 Å². The van der Waals surface area contributed by atoms with E-state index in [4.69, 9.17) is 0 Å². The first-order chi connectivity index (χ1) is 11.7. The van der Waals surface area contributed by atoms with Gasteiger partial charge in [-0.2, -0.15) is 0 Å². The summed E-state index contributed by atoms with van der Waals surface area (Å²) in [6, 6.07) is 6.76. The third kappa shape index (κ3) is 5.83. The molecule has 0 bridgehead atoms. The molecule has 0 radical (unpaired) electrons. The van der Waals surface area contributed by atoms with Crippen molar-refractivity contribution in [3.8, 4) is 0 Å². The van der Waals surface area contributed by atoms with Crippen LogP contribution in [0.25, 0.3) is 0 Å². The molecular weight excluding hydrogens is 307 g/mol. The number of nitrogens with zero attached hydrogens (tertiary/aromatic N) is 2. The minimum atomic E-state index is -0.193. The first-order valence-electron chi connectivity index (χ1n) is 8.74. The van der Waals surface area contributed by atoms with E-state index in [1.54, 1.807) is 12.1 Å². The van der Waals surface area contributed by atoms with E-state index >= 15 is 0 Å². The summed E-state index contributed by atoms with van der Waals surface area (Å²) in [5.41, 5.74) is 0.672. The largest absolute Gasteiger partial charge is 0.357 e. The van der Waals surface area contributed by atoms with Crippen molar-refractivity contribution in [1.29, 1.82) is 0 Å². The zero-order valence-corrected chi connectivity index (χ0v) is 14.4. The Hall–Kier alpha value is -2.11. The number of nitrogens with one attached hydrogen (secondary N) is 2. The molecule has 0 atom stereocenters. The van der Waals surface area contributed by atoms with E-state index in [2.05, 4.69) is 15.6 Å². The highest BCUT2D eigenvalue weighted by atomic mass is 19.1. The predicted octanol–water partition coefficient (Wildman–Crippen LogP) is 1.94. The van der Waals surface area contributed by atoms with Crippen molar-refractivity contribution in [2.24, 2.45) is 4.99 Å². The maximum Gasteiger partial charge on any atom is 0.244 e. The van der Waals surface area contributed by atoms with Gasteiger partial charge in [0, 0.05) is 26.2 Å². The molecule has 1 amide bonds. The Labute approximate surface area is 143 Å². The van der Waals surface area contributed by atoms with E-state index in [0.717, 1.165) is 25.9 Å². The van der Waals surface area contributed by atoms with Gasteiger partial charge in [-0.15, -0.1) is 0 Å². The van der Waals surface area contributed by atoms with Crippen LogP contribution in [0.3, 0.4) is 0 Å². The smallest absolute Gasteiger partial charge is 0.244 e. The van der Waals surface area contributed by atoms with Crippen LogP contribution in [0.4, 0.5) is 4.39 Å². The van der Waals surface area contributed by atoms with Crippen molar-refractivity contribution in [3.05, 3.63) is 35.6 Å². The first-order valence-corrected chi connectivity index (χ1v) is 8.74. The summed E-state index contributed by atoms with van der Waals surface area (Å²) in [6.45, 7) is 5.07. The molecule has 0 aliphatic carbocycles. The second-order valence-electron chi connectivity index (χ2n) is 5.90.